The molecule has 0 radical (unpaired) electrons. The first-order chi connectivity index (χ1) is 16.8. The molecule has 37 heavy (non-hydrogen) atoms. The largest absolute Gasteiger partial charge is 4.00 e. The molecule has 0 aliphatic carbocycles. The maximum Gasteiger partial charge on any atom is 4.00 e. The van der Waals surface area contributed by atoms with Crippen molar-refractivity contribution in [3.63, 3.8) is 0 Å². The topological polar surface area (TPSA) is 108 Å². The monoisotopic (exact) mass is 582 g/mol. The predicted molar refractivity (Wildman–Crippen MR) is 138 cm³/mol. The van der Waals surface area contributed by atoms with Crippen LogP contribution in [0.3, 0.4) is 0 Å². The van der Waals surface area contributed by atoms with Crippen molar-refractivity contribution >= 4 is 0 Å². The molecule has 3 aromatic rings. The molecule has 1 aromatic heterocycles. The average Bonchev–Trinajstić information content (AvgIpc) is 2.75. The van der Waals surface area contributed by atoms with Crippen LogP contribution >= 0.6 is 0 Å². The van der Waals surface area contributed by atoms with Crippen LogP contribution in [0, 0.1) is 27.7 Å². The van der Waals surface area contributed by atoms with Crippen LogP contribution in [0.2, 0.25) is 0 Å². The van der Waals surface area contributed by atoms with E-state index in [1.54, 1.807) is 33.9 Å². The second kappa shape index (κ2) is 17.5. The molecule has 198 valence electrons. The van der Waals surface area contributed by atoms with Gasteiger partial charge in [-0.1, -0.05) is 80.3 Å². The first-order valence-electron chi connectivity index (χ1n) is 12.3. The van der Waals surface area contributed by atoms with Crippen LogP contribution in [-0.2, 0) is 45.8 Å². The minimum atomic E-state index is -0.417. The van der Waals surface area contributed by atoms with Gasteiger partial charge in [-0.25, -0.2) is 0 Å². The van der Waals surface area contributed by atoms with Crippen LogP contribution in [0.15, 0.2) is 48.7 Å². The van der Waals surface area contributed by atoms with Gasteiger partial charge >= 0.3 is 26.2 Å². The zero-order valence-electron chi connectivity index (χ0n) is 23.4. The standard InChI is InChI=1S/C24H28N2O2.2C3H7O.Zr/c1-16-9-18(3)23(27)20(11-16)13-26(15-22-7-5-6-8-25-22)14-21-12-17(2)10-19(4)24(21)28;2*1-3(2)4;/h5-12,27-28H,13-15H2,1-4H3;2*3H,1-2H3;/q;2*-1;+4/p-2. The molecule has 0 aliphatic rings. The number of nitrogens with zero attached hydrogens (tertiary/aromatic N) is 2. The summed E-state index contributed by atoms with van der Waals surface area (Å²) >= 11 is 0. The zero-order chi connectivity index (χ0) is 27.4. The third-order valence-electron chi connectivity index (χ3n) is 4.89. The van der Waals surface area contributed by atoms with Crippen molar-refractivity contribution in [1.82, 2.24) is 9.88 Å². The van der Waals surface area contributed by atoms with Gasteiger partial charge in [0.15, 0.2) is 0 Å². The summed E-state index contributed by atoms with van der Waals surface area (Å²) in [5.41, 5.74) is 6.07. The van der Waals surface area contributed by atoms with Crippen LogP contribution in [0.25, 0.3) is 0 Å². The van der Waals surface area contributed by atoms with Crippen LogP contribution in [0.1, 0.15) is 66.8 Å². The molecule has 0 aliphatic heterocycles. The number of aromatic nitrogens is 1. The molecule has 0 saturated heterocycles. The van der Waals surface area contributed by atoms with E-state index in [1.807, 2.05) is 70.2 Å². The van der Waals surface area contributed by atoms with Gasteiger partial charge in [0.25, 0.3) is 0 Å². The first kappa shape index (κ1) is 35.0. The fourth-order valence-corrected chi connectivity index (χ4v) is 3.69. The summed E-state index contributed by atoms with van der Waals surface area (Å²) in [6.45, 7) is 15.7. The van der Waals surface area contributed by atoms with Gasteiger partial charge in [0, 0.05) is 25.8 Å². The smallest absolute Gasteiger partial charge is 0.872 e. The van der Waals surface area contributed by atoms with E-state index >= 15 is 0 Å². The van der Waals surface area contributed by atoms with Crippen molar-refractivity contribution < 1.29 is 46.6 Å². The second-order valence-corrected chi connectivity index (χ2v) is 9.70. The maximum atomic E-state index is 12.6. The summed E-state index contributed by atoms with van der Waals surface area (Å²) in [5, 5.41) is 44.3. The summed E-state index contributed by atoms with van der Waals surface area (Å²) in [6.07, 6.45) is 0.930. The Balaban J connectivity index is 0.00000127. The van der Waals surface area contributed by atoms with E-state index in [0.717, 1.165) is 39.1 Å². The number of benzene rings is 2. The number of aryl methyl sites for hydroxylation is 4. The van der Waals surface area contributed by atoms with Gasteiger partial charge in [-0.3, -0.25) is 9.88 Å². The van der Waals surface area contributed by atoms with Crippen molar-refractivity contribution in [3.8, 4) is 11.5 Å². The fourth-order valence-electron chi connectivity index (χ4n) is 3.69. The normalized spacial score (nSPS) is 10.4. The van der Waals surface area contributed by atoms with Gasteiger partial charge < -0.3 is 20.4 Å². The molecule has 6 nitrogen and oxygen atoms in total. The van der Waals surface area contributed by atoms with Gasteiger partial charge in [-0.15, -0.1) is 23.7 Å². The molecule has 1 heterocycles. The Morgan fingerprint density at radius 3 is 1.46 bits per heavy atom. The Kier molecular flexibility index (Phi) is 16.5. The zero-order valence-corrected chi connectivity index (χ0v) is 25.9. The molecule has 0 spiro atoms. The molecule has 7 heteroatoms. The third kappa shape index (κ3) is 13.9. The number of pyridine rings is 1. The quantitative estimate of drug-likeness (QED) is 0.441. The van der Waals surface area contributed by atoms with Gasteiger partial charge in [-0.05, 0) is 51.0 Å². The van der Waals surface area contributed by atoms with E-state index in [0.29, 0.717) is 19.6 Å². The minimum Gasteiger partial charge on any atom is -0.872 e. The van der Waals surface area contributed by atoms with Crippen molar-refractivity contribution in [2.24, 2.45) is 0 Å². The molecule has 0 fully saturated rings. The Morgan fingerprint density at radius 1 is 0.703 bits per heavy atom. The van der Waals surface area contributed by atoms with E-state index in [-0.39, 0.29) is 37.7 Å². The Labute approximate surface area is 242 Å². The van der Waals surface area contributed by atoms with Crippen molar-refractivity contribution in [2.45, 2.75) is 87.2 Å². The van der Waals surface area contributed by atoms with E-state index in [4.69, 9.17) is 0 Å². The Bertz CT molecular complexity index is 1000. The molecule has 0 unspecified atom stereocenters. The minimum absolute atomic E-state index is 0. The van der Waals surface area contributed by atoms with Crippen LogP contribution < -0.4 is 20.4 Å². The summed E-state index contributed by atoms with van der Waals surface area (Å²) in [7, 11) is 0. The van der Waals surface area contributed by atoms with Gasteiger partial charge in [0.2, 0.25) is 0 Å². The molecule has 3 rings (SSSR count). The van der Waals surface area contributed by atoms with Gasteiger partial charge in [-0.2, -0.15) is 0 Å². The number of hydrogen-bond acceptors (Lipinski definition) is 6. The summed E-state index contributed by atoms with van der Waals surface area (Å²) in [4.78, 5) is 6.54. The summed E-state index contributed by atoms with van der Waals surface area (Å²) < 4.78 is 0. The molecule has 0 amide bonds. The fraction of sp³-hybridized carbons (Fsp3) is 0.433. The molecule has 0 N–H and O–H groups in total. The predicted octanol–water partition coefficient (Wildman–Crippen LogP) is 3.17. The molecular weight excluding hydrogens is 544 g/mol. The number of hydrogen-bond donors (Lipinski definition) is 0. The maximum absolute atomic E-state index is 12.6. The van der Waals surface area contributed by atoms with Crippen LogP contribution in [0.4, 0.5) is 0 Å². The Hall–Kier alpha value is -2.05. The molecular formula is C30H40N2O4Zr. The van der Waals surface area contributed by atoms with Crippen molar-refractivity contribution in [2.75, 3.05) is 0 Å². The average molecular weight is 584 g/mol. The molecule has 2 aromatic carbocycles. The Morgan fingerprint density at radius 2 is 1.11 bits per heavy atom. The van der Waals surface area contributed by atoms with E-state index in [1.165, 1.54) is 0 Å². The molecule has 0 saturated carbocycles. The van der Waals surface area contributed by atoms with E-state index in [9.17, 15) is 20.4 Å². The molecule has 0 atom stereocenters. The van der Waals surface area contributed by atoms with Gasteiger partial charge in [0.05, 0.1) is 5.69 Å². The first-order valence-corrected chi connectivity index (χ1v) is 12.3. The van der Waals surface area contributed by atoms with Crippen LogP contribution in [0.5, 0.6) is 11.5 Å². The number of rotatable bonds is 6. The summed E-state index contributed by atoms with van der Waals surface area (Å²) in [6, 6.07) is 13.5. The van der Waals surface area contributed by atoms with Gasteiger partial charge in [0.1, 0.15) is 0 Å². The SMILES string of the molecule is CC(C)[O-].CC(C)[O-].Cc1cc(C)c([O-])c(CN(Cc2ccccn2)Cc2cc(C)cc(C)c2[O-])c1.[Zr+4]. The molecule has 0 bridgehead atoms. The third-order valence-corrected chi connectivity index (χ3v) is 4.89. The van der Waals surface area contributed by atoms with E-state index < -0.39 is 12.2 Å². The second-order valence-electron chi connectivity index (χ2n) is 9.70. The van der Waals surface area contributed by atoms with Crippen molar-refractivity contribution in [3.05, 3.63) is 87.7 Å². The van der Waals surface area contributed by atoms with Crippen molar-refractivity contribution in [1.29, 1.82) is 0 Å². The summed E-state index contributed by atoms with van der Waals surface area (Å²) in [5.74, 6) is 0.138. The van der Waals surface area contributed by atoms with Crippen LogP contribution in [-0.4, -0.2) is 22.1 Å². The van der Waals surface area contributed by atoms with E-state index in [2.05, 4.69) is 9.88 Å².